The normalized spacial score (nSPS) is 18.7. The second-order valence-corrected chi connectivity index (χ2v) is 7.25. The molecule has 2 rings (SSSR count). The van der Waals surface area contributed by atoms with Gasteiger partial charge in [0.1, 0.15) is 6.04 Å². The number of rotatable bonds is 4. The molecule has 1 aliphatic heterocycles. The SMILES string of the molecule is CC(=O)N[C@@H](C)C(=O)NS(=O)(=O)N1c2ccccc2CC[C@H]1C. The lowest BCUT2D eigenvalue weighted by atomic mass is 9.99. The van der Waals surface area contributed by atoms with Crippen molar-refractivity contribution < 1.29 is 18.0 Å². The van der Waals surface area contributed by atoms with Crippen molar-refractivity contribution in [3.8, 4) is 0 Å². The van der Waals surface area contributed by atoms with Gasteiger partial charge in [-0.1, -0.05) is 18.2 Å². The molecule has 8 heteroatoms. The lowest BCUT2D eigenvalue weighted by Crippen LogP contribution is -2.53. The number of para-hydroxylation sites is 1. The van der Waals surface area contributed by atoms with E-state index in [-0.39, 0.29) is 6.04 Å². The molecule has 126 valence electrons. The highest BCUT2D eigenvalue weighted by Crippen LogP contribution is 2.32. The average molecular weight is 339 g/mol. The van der Waals surface area contributed by atoms with Crippen molar-refractivity contribution in [1.82, 2.24) is 10.0 Å². The van der Waals surface area contributed by atoms with Crippen molar-refractivity contribution in [2.24, 2.45) is 0 Å². The predicted molar refractivity (Wildman–Crippen MR) is 87.0 cm³/mol. The molecule has 23 heavy (non-hydrogen) atoms. The van der Waals surface area contributed by atoms with Gasteiger partial charge >= 0.3 is 10.2 Å². The van der Waals surface area contributed by atoms with Gasteiger partial charge in [0.2, 0.25) is 5.91 Å². The van der Waals surface area contributed by atoms with Crippen molar-refractivity contribution in [1.29, 1.82) is 0 Å². The van der Waals surface area contributed by atoms with Crippen LogP contribution in [-0.2, 0) is 26.2 Å². The van der Waals surface area contributed by atoms with Crippen molar-refractivity contribution in [3.63, 3.8) is 0 Å². The van der Waals surface area contributed by atoms with Gasteiger partial charge in [-0.25, -0.2) is 4.72 Å². The van der Waals surface area contributed by atoms with Crippen LogP contribution in [0.5, 0.6) is 0 Å². The summed E-state index contributed by atoms with van der Waals surface area (Å²) in [5.41, 5.74) is 1.51. The number of aryl methyl sites for hydroxylation is 1. The minimum Gasteiger partial charge on any atom is -0.345 e. The Morgan fingerprint density at radius 2 is 1.96 bits per heavy atom. The summed E-state index contributed by atoms with van der Waals surface area (Å²) in [6, 6.07) is 6.04. The molecule has 0 aromatic heterocycles. The van der Waals surface area contributed by atoms with Crippen LogP contribution in [0.2, 0.25) is 0 Å². The molecule has 0 saturated heterocycles. The van der Waals surface area contributed by atoms with Gasteiger partial charge in [0, 0.05) is 13.0 Å². The Kier molecular flexibility index (Phi) is 4.93. The quantitative estimate of drug-likeness (QED) is 0.845. The summed E-state index contributed by atoms with van der Waals surface area (Å²) in [5.74, 6) is -1.17. The fraction of sp³-hybridized carbons (Fsp3) is 0.467. The molecule has 7 nitrogen and oxygen atoms in total. The first-order valence-corrected chi connectivity index (χ1v) is 8.87. The highest BCUT2D eigenvalue weighted by molar-refractivity contribution is 7.91. The molecule has 0 aliphatic carbocycles. The molecule has 1 heterocycles. The van der Waals surface area contributed by atoms with Gasteiger partial charge in [-0.3, -0.25) is 13.9 Å². The van der Waals surface area contributed by atoms with Gasteiger partial charge < -0.3 is 5.32 Å². The Balaban J connectivity index is 2.26. The molecular formula is C15H21N3O4S. The molecule has 2 N–H and O–H groups in total. The van der Waals surface area contributed by atoms with E-state index in [0.717, 1.165) is 12.0 Å². The standard InChI is InChI=1S/C15H21N3O4S/c1-10-8-9-13-6-4-5-7-14(13)18(10)23(21,22)17-15(20)11(2)16-12(3)19/h4-7,10-11H,8-9H2,1-3H3,(H,16,19)(H,17,20)/t10-,11+/m1/s1. The zero-order chi connectivity index (χ0) is 17.2. The number of hydrogen-bond donors (Lipinski definition) is 2. The summed E-state index contributed by atoms with van der Waals surface area (Å²) < 4.78 is 28.6. The monoisotopic (exact) mass is 339 g/mol. The number of carbonyl (C=O) groups is 2. The van der Waals surface area contributed by atoms with Gasteiger partial charge in [-0.15, -0.1) is 0 Å². The average Bonchev–Trinajstić information content (AvgIpc) is 2.45. The summed E-state index contributed by atoms with van der Waals surface area (Å²) in [5, 5.41) is 2.36. The van der Waals surface area contributed by atoms with Crippen molar-refractivity contribution >= 4 is 27.7 Å². The first-order valence-electron chi connectivity index (χ1n) is 7.43. The largest absolute Gasteiger partial charge is 0.345 e. The van der Waals surface area contributed by atoms with E-state index in [2.05, 4.69) is 5.32 Å². The molecule has 0 saturated carbocycles. The lowest BCUT2D eigenvalue weighted by Gasteiger charge is -2.35. The zero-order valence-electron chi connectivity index (χ0n) is 13.4. The fourth-order valence-electron chi connectivity index (χ4n) is 2.66. The van der Waals surface area contributed by atoms with E-state index in [0.29, 0.717) is 12.1 Å². The molecule has 1 aromatic carbocycles. The molecular weight excluding hydrogens is 318 g/mol. The number of carbonyl (C=O) groups excluding carboxylic acids is 2. The van der Waals surface area contributed by atoms with Crippen LogP contribution in [0, 0.1) is 0 Å². The Hall–Kier alpha value is -2.09. The van der Waals surface area contributed by atoms with Crippen LogP contribution < -0.4 is 14.3 Å². The number of nitrogens with zero attached hydrogens (tertiary/aromatic N) is 1. The smallest absolute Gasteiger partial charge is 0.326 e. The van der Waals surface area contributed by atoms with E-state index < -0.39 is 28.1 Å². The van der Waals surface area contributed by atoms with Crippen LogP contribution in [0.25, 0.3) is 0 Å². The number of fused-ring (bicyclic) bond motifs is 1. The van der Waals surface area contributed by atoms with Crippen LogP contribution in [-0.4, -0.2) is 32.3 Å². The van der Waals surface area contributed by atoms with E-state index in [1.54, 1.807) is 19.1 Å². The molecule has 0 fully saturated rings. The summed E-state index contributed by atoms with van der Waals surface area (Å²) in [6.45, 7) is 4.50. The van der Waals surface area contributed by atoms with E-state index in [1.807, 2.05) is 16.9 Å². The number of amides is 2. The fourth-order valence-corrected chi connectivity index (χ4v) is 4.20. The maximum absolute atomic E-state index is 12.6. The van der Waals surface area contributed by atoms with E-state index in [9.17, 15) is 18.0 Å². The van der Waals surface area contributed by atoms with Crippen molar-refractivity contribution in [3.05, 3.63) is 29.8 Å². The highest BCUT2D eigenvalue weighted by atomic mass is 32.2. The minimum absolute atomic E-state index is 0.258. The summed E-state index contributed by atoms with van der Waals surface area (Å²) in [4.78, 5) is 23.0. The number of benzene rings is 1. The van der Waals surface area contributed by atoms with Gasteiger partial charge in [-0.2, -0.15) is 8.42 Å². The summed E-state index contributed by atoms with van der Waals surface area (Å²) in [6.07, 6.45) is 1.47. The third-order valence-electron chi connectivity index (χ3n) is 3.76. The molecule has 2 atom stereocenters. The Labute approximate surface area is 136 Å². The third kappa shape index (κ3) is 3.82. The Bertz CT molecular complexity index is 717. The number of nitrogens with one attached hydrogen (secondary N) is 2. The Morgan fingerprint density at radius 3 is 2.61 bits per heavy atom. The summed E-state index contributed by atoms with van der Waals surface area (Å²) >= 11 is 0. The van der Waals surface area contributed by atoms with Crippen molar-refractivity contribution in [2.75, 3.05) is 4.31 Å². The van der Waals surface area contributed by atoms with Crippen LogP contribution >= 0.6 is 0 Å². The zero-order valence-corrected chi connectivity index (χ0v) is 14.2. The minimum atomic E-state index is -4.04. The first-order chi connectivity index (χ1) is 10.7. The second kappa shape index (κ2) is 6.57. The van der Waals surface area contributed by atoms with Crippen LogP contribution in [0.15, 0.2) is 24.3 Å². The van der Waals surface area contributed by atoms with Gasteiger partial charge in [-0.05, 0) is 38.3 Å². The predicted octanol–water partition coefficient (Wildman–Crippen LogP) is 0.713. The van der Waals surface area contributed by atoms with Crippen LogP contribution in [0.1, 0.15) is 32.8 Å². The van der Waals surface area contributed by atoms with E-state index in [1.165, 1.54) is 18.2 Å². The topological polar surface area (TPSA) is 95.6 Å². The van der Waals surface area contributed by atoms with Crippen LogP contribution in [0.3, 0.4) is 0 Å². The van der Waals surface area contributed by atoms with Gasteiger partial charge in [0.05, 0.1) is 5.69 Å². The van der Waals surface area contributed by atoms with E-state index >= 15 is 0 Å². The maximum Gasteiger partial charge on any atom is 0.326 e. The summed E-state index contributed by atoms with van der Waals surface area (Å²) in [7, 11) is -4.04. The third-order valence-corrected chi connectivity index (χ3v) is 5.30. The Morgan fingerprint density at radius 1 is 1.30 bits per heavy atom. The molecule has 0 bridgehead atoms. The van der Waals surface area contributed by atoms with Gasteiger partial charge in [0.25, 0.3) is 5.91 Å². The number of anilines is 1. The lowest BCUT2D eigenvalue weighted by molar-refractivity contribution is -0.126. The second-order valence-electron chi connectivity index (χ2n) is 5.71. The highest BCUT2D eigenvalue weighted by Gasteiger charge is 2.34. The molecule has 0 radical (unpaired) electrons. The van der Waals surface area contributed by atoms with Crippen molar-refractivity contribution in [2.45, 2.75) is 45.7 Å². The van der Waals surface area contributed by atoms with Crippen LogP contribution in [0.4, 0.5) is 5.69 Å². The molecule has 2 amide bonds. The first kappa shape index (κ1) is 17.3. The molecule has 1 aromatic rings. The molecule has 1 aliphatic rings. The van der Waals surface area contributed by atoms with E-state index in [4.69, 9.17) is 0 Å². The van der Waals surface area contributed by atoms with Gasteiger partial charge in [0.15, 0.2) is 0 Å². The number of hydrogen-bond acceptors (Lipinski definition) is 4. The maximum atomic E-state index is 12.6. The molecule has 0 unspecified atom stereocenters. The molecule has 0 spiro atoms.